The van der Waals surface area contributed by atoms with Crippen molar-refractivity contribution in [3.8, 4) is 0 Å². The lowest BCUT2D eigenvalue weighted by Gasteiger charge is -2.14. The number of guanidine groups is 1. The van der Waals surface area contributed by atoms with Gasteiger partial charge in [0.1, 0.15) is 0 Å². The average molecular weight is 370 g/mol. The largest absolute Gasteiger partial charge is 0.416 e. The predicted molar refractivity (Wildman–Crippen MR) is 94.7 cm³/mol. The van der Waals surface area contributed by atoms with Crippen molar-refractivity contribution in [1.29, 1.82) is 0 Å². The molecule has 1 amide bonds. The second-order valence-electron chi connectivity index (χ2n) is 6.35. The van der Waals surface area contributed by atoms with Crippen molar-refractivity contribution in [3.05, 3.63) is 35.4 Å². The number of carbonyl (C=O) groups excluding carboxylic acids is 1. The maximum absolute atomic E-state index is 12.5. The van der Waals surface area contributed by atoms with Crippen LogP contribution in [0.4, 0.5) is 13.2 Å². The summed E-state index contributed by atoms with van der Waals surface area (Å²) in [7, 11) is 1.60. The lowest BCUT2D eigenvalue weighted by molar-refractivity contribution is -0.137. The van der Waals surface area contributed by atoms with Crippen LogP contribution in [0.25, 0.3) is 0 Å². The highest BCUT2D eigenvalue weighted by atomic mass is 19.4. The molecule has 3 N–H and O–H groups in total. The number of hydrogen-bond acceptors (Lipinski definition) is 2. The number of aliphatic imine (C=N–C) groups is 1. The quantitative estimate of drug-likeness (QED) is 0.533. The van der Waals surface area contributed by atoms with Crippen molar-refractivity contribution in [2.45, 2.75) is 50.9 Å². The van der Waals surface area contributed by atoms with Crippen LogP contribution in [0.1, 0.15) is 43.2 Å². The van der Waals surface area contributed by atoms with Crippen LogP contribution in [0.2, 0.25) is 0 Å². The van der Waals surface area contributed by atoms with E-state index in [4.69, 9.17) is 0 Å². The van der Waals surface area contributed by atoms with E-state index in [-0.39, 0.29) is 5.91 Å². The van der Waals surface area contributed by atoms with Crippen LogP contribution in [-0.4, -0.2) is 31.5 Å². The maximum Gasteiger partial charge on any atom is 0.416 e. The van der Waals surface area contributed by atoms with Crippen LogP contribution in [0, 0.1) is 0 Å². The highest BCUT2D eigenvalue weighted by molar-refractivity contribution is 5.81. The number of carbonyl (C=O) groups is 1. The van der Waals surface area contributed by atoms with Crippen LogP contribution in [0.5, 0.6) is 0 Å². The van der Waals surface area contributed by atoms with Gasteiger partial charge in [0.2, 0.25) is 5.91 Å². The van der Waals surface area contributed by atoms with E-state index in [1.165, 1.54) is 25.0 Å². The first-order valence-corrected chi connectivity index (χ1v) is 8.78. The fraction of sp³-hybridized carbons (Fsp3) is 0.556. The van der Waals surface area contributed by atoms with E-state index in [0.717, 1.165) is 25.0 Å². The van der Waals surface area contributed by atoms with E-state index in [9.17, 15) is 18.0 Å². The molecule has 8 heteroatoms. The van der Waals surface area contributed by atoms with E-state index in [1.807, 2.05) is 0 Å². The summed E-state index contributed by atoms with van der Waals surface area (Å²) in [5.41, 5.74) is 0.0389. The van der Waals surface area contributed by atoms with Crippen molar-refractivity contribution in [1.82, 2.24) is 16.0 Å². The highest BCUT2D eigenvalue weighted by Crippen LogP contribution is 2.29. The van der Waals surface area contributed by atoms with Gasteiger partial charge in [-0.05, 0) is 30.5 Å². The molecule has 1 aromatic rings. The van der Waals surface area contributed by atoms with Gasteiger partial charge in [0, 0.05) is 32.6 Å². The SMILES string of the molecule is CN=C(NCCC(=O)NC1CCCC1)NCc1ccc(C(F)(F)F)cc1. The molecule has 144 valence electrons. The van der Waals surface area contributed by atoms with Gasteiger partial charge in [-0.2, -0.15) is 13.2 Å². The third-order valence-electron chi connectivity index (χ3n) is 4.33. The molecule has 0 heterocycles. The zero-order valence-corrected chi connectivity index (χ0v) is 14.8. The first-order chi connectivity index (χ1) is 12.4. The Balaban J connectivity index is 1.69. The number of nitrogens with zero attached hydrogens (tertiary/aromatic N) is 1. The molecule has 0 saturated heterocycles. The minimum absolute atomic E-state index is 0.0163. The number of halogens is 3. The molecule has 0 spiro atoms. The molecule has 0 aliphatic heterocycles. The second kappa shape index (κ2) is 9.45. The Labute approximate surface area is 151 Å². The summed E-state index contributed by atoms with van der Waals surface area (Å²) in [6.45, 7) is 0.775. The molecule has 1 fully saturated rings. The van der Waals surface area contributed by atoms with Crippen LogP contribution >= 0.6 is 0 Å². The lowest BCUT2D eigenvalue weighted by Crippen LogP contribution is -2.40. The van der Waals surface area contributed by atoms with Gasteiger partial charge in [-0.3, -0.25) is 9.79 Å². The van der Waals surface area contributed by atoms with Crippen molar-refractivity contribution >= 4 is 11.9 Å². The van der Waals surface area contributed by atoms with Gasteiger partial charge in [-0.25, -0.2) is 0 Å². The predicted octanol–water partition coefficient (Wildman–Crippen LogP) is 2.82. The van der Waals surface area contributed by atoms with Crippen LogP contribution in [0.3, 0.4) is 0 Å². The number of amides is 1. The summed E-state index contributed by atoms with van der Waals surface area (Å²) in [6.07, 6.45) is 0.457. The molecule has 1 saturated carbocycles. The van der Waals surface area contributed by atoms with Gasteiger partial charge >= 0.3 is 6.18 Å². The molecule has 0 bridgehead atoms. The summed E-state index contributed by atoms with van der Waals surface area (Å²) in [6, 6.07) is 5.27. The molecular weight excluding hydrogens is 345 g/mol. The van der Waals surface area contributed by atoms with Gasteiger partial charge in [-0.1, -0.05) is 25.0 Å². The first kappa shape index (κ1) is 20.1. The Morgan fingerprint density at radius 2 is 1.81 bits per heavy atom. The molecule has 1 aliphatic rings. The van der Waals surface area contributed by atoms with E-state index >= 15 is 0 Å². The zero-order chi connectivity index (χ0) is 19.0. The Kier molecular flexibility index (Phi) is 7.29. The van der Waals surface area contributed by atoms with E-state index in [2.05, 4.69) is 20.9 Å². The molecule has 5 nitrogen and oxygen atoms in total. The number of rotatable bonds is 6. The summed E-state index contributed by atoms with van der Waals surface area (Å²) < 4.78 is 37.6. The van der Waals surface area contributed by atoms with Crippen LogP contribution in [0.15, 0.2) is 29.3 Å². The standard InChI is InChI=1S/C18H25F3N4O/c1-22-17(23-11-10-16(26)25-15-4-2-3-5-15)24-12-13-6-8-14(9-7-13)18(19,20)21/h6-9,15H,2-5,10-12H2,1H3,(H,25,26)(H2,22,23,24). The summed E-state index contributed by atoms with van der Waals surface area (Å²) in [5.74, 6) is 0.515. The molecule has 0 unspecified atom stereocenters. The van der Waals surface area contributed by atoms with E-state index < -0.39 is 11.7 Å². The third-order valence-corrected chi connectivity index (χ3v) is 4.33. The van der Waals surface area contributed by atoms with E-state index in [1.54, 1.807) is 7.05 Å². The van der Waals surface area contributed by atoms with Gasteiger partial charge < -0.3 is 16.0 Å². The molecule has 1 aliphatic carbocycles. The Bertz CT molecular complexity index is 608. The van der Waals surface area contributed by atoms with Gasteiger partial charge in [0.05, 0.1) is 5.56 Å². The minimum Gasteiger partial charge on any atom is -0.356 e. The highest BCUT2D eigenvalue weighted by Gasteiger charge is 2.29. The van der Waals surface area contributed by atoms with Gasteiger partial charge in [0.15, 0.2) is 5.96 Å². The molecular formula is C18H25F3N4O. The smallest absolute Gasteiger partial charge is 0.356 e. The monoisotopic (exact) mass is 370 g/mol. The number of alkyl halides is 3. The second-order valence-corrected chi connectivity index (χ2v) is 6.35. The van der Waals surface area contributed by atoms with Gasteiger partial charge in [0.25, 0.3) is 0 Å². The van der Waals surface area contributed by atoms with Crippen molar-refractivity contribution in [2.24, 2.45) is 4.99 Å². The van der Waals surface area contributed by atoms with Crippen molar-refractivity contribution in [3.63, 3.8) is 0 Å². The lowest BCUT2D eigenvalue weighted by atomic mass is 10.1. The summed E-state index contributed by atoms with van der Waals surface area (Å²) in [5, 5.41) is 9.06. The average Bonchev–Trinajstić information content (AvgIpc) is 3.10. The fourth-order valence-electron chi connectivity index (χ4n) is 2.88. The molecule has 0 atom stereocenters. The van der Waals surface area contributed by atoms with Crippen molar-refractivity contribution in [2.75, 3.05) is 13.6 Å². The summed E-state index contributed by atoms with van der Waals surface area (Å²) >= 11 is 0. The molecule has 1 aromatic carbocycles. The van der Waals surface area contributed by atoms with Gasteiger partial charge in [-0.15, -0.1) is 0 Å². The van der Waals surface area contributed by atoms with Crippen LogP contribution in [-0.2, 0) is 17.5 Å². The van der Waals surface area contributed by atoms with Crippen LogP contribution < -0.4 is 16.0 Å². The zero-order valence-electron chi connectivity index (χ0n) is 14.8. The Hall–Kier alpha value is -2.25. The number of benzene rings is 1. The summed E-state index contributed by atoms with van der Waals surface area (Å²) in [4.78, 5) is 15.9. The first-order valence-electron chi connectivity index (χ1n) is 8.78. The van der Waals surface area contributed by atoms with Crippen molar-refractivity contribution < 1.29 is 18.0 Å². The third kappa shape index (κ3) is 6.57. The molecule has 26 heavy (non-hydrogen) atoms. The fourth-order valence-corrected chi connectivity index (χ4v) is 2.88. The van der Waals surface area contributed by atoms with E-state index in [0.29, 0.717) is 37.1 Å². The molecule has 0 aromatic heterocycles. The molecule has 2 rings (SSSR count). The normalized spacial score (nSPS) is 15.8. The number of hydrogen-bond donors (Lipinski definition) is 3. The molecule has 0 radical (unpaired) electrons. The Morgan fingerprint density at radius 3 is 2.38 bits per heavy atom. The minimum atomic E-state index is -4.33. The number of nitrogens with one attached hydrogen (secondary N) is 3. The topological polar surface area (TPSA) is 65.5 Å². The Morgan fingerprint density at radius 1 is 1.15 bits per heavy atom. The maximum atomic E-state index is 12.5.